The minimum Gasteiger partial charge on any atom is -0.462 e. The van der Waals surface area contributed by atoms with Crippen molar-refractivity contribution < 1.29 is 23.0 Å². The Morgan fingerprint density at radius 2 is 1.86 bits per heavy atom. The molecule has 0 amide bonds. The zero-order chi connectivity index (χ0) is 15.9. The maximum Gasteiger partial charge on any atom is 0.387 e. The van der Waals surface area contributed by atoms with Gasteiger partial charge >= 0.3 is 12.6 Å². The second-order valence-electron chi connectivity index (χ2n) is 5.40. The van der Waals surface area contributed by atoms with Gasteiger partial charge in [0.05, 0.1) is 6.42 Å². The molecule has 1 aromatic carbocycles. The van der Waals surface area contributed by atoms with Gasteiger partial charge in [0.2, 0.25) is 0 Å². The molecule has 0 unspecified atom stereocenters. The largest absolute Gasteiger partial charge is 0.462 e. The van der Waals surface area contributed by atoms with Gasteiger partial charge < -0.3 is 9.47 Å². The Kier molecular flexibility index (Phi) is 5.92. The average Bonchev–Trinajstić information content (AvgIpc) is 2.48. The molecular weight excluding hydrogens is 290 g/mol. The van der Waals surface area contributed by atoms with Crippen molar-refractivity contribution in [1.29, 1.82) is 0 Å². The van der Waals surface area contributed by atoms with E-state index in [1.54, 1.807) is 12.1 Å². The van der Waals surface area contributed by atoms with Crippen LogP contribution in [0.4, 0.5) is 8.78 Å². The van der Waals surface area contributed by atoms with Crippen molar-refractivity contribution in [3.63, 3.8) is 0 Å². The highest BCUT2D eigenvalue weighted by molar-refractivity contribution is 5.71. The average molecular weight is 310 g/mol. The van der Waals surface area contributed by atoms with Crippen molar-refractivity contribution in [3.8, 4) is 5.75 Å². The molecule has 0 bridgehead atoms. The molecule has 0 radical (unpaired) electrons. The van der Waals surface area contributed by atoms with E-state index in [0.717, 1.165) is 31.2 Å². The predicted octanol–water partition coefficient (Wildman–Crippen LogP) is 4.43. The fraction of sp³-hybridized carbons (Fsp3) is 0.471. The predicted molar refractivity (Wildman–Crippen MR) is 79.0 cm³/mol. The van der Waals surface area contributed by atoms with Gasteiger partial charge in [-0.3, -0.25) is 4.79 Å². The third kappa shape index (κ3) is 4.83. The highest BCUT2D eigenvalue weighted by Crippen LogP contribution is 2.34. The van der Waals surface area contributed by atoms with Crippen LogP contribution in [0, 0.1) is 0 Å². The van der Waals surface area contributed by atoms with Crippen LogP contribution in [0.1, 0.15) is 43.6 Å². The summed E-state index contributed by atoms with van der Waals surface area (Å²) in [5.74, 6) is 0.313. The van der Waals surface area contributed by atoms with E-state index in [2.05, 4.69) is 11.3 Å². The normalized spacial score (nSPS) is 21.4. The van der Waals surface area contributed by atoms with Gasteiger partial charge in [-0.2, -0.15) is 8.78 Å². The summed E-state index contributed by atoms with van der Waals surface area (Å²) in [6.45, 7) is 0.713. The second kappa shape index (κ2) is 7.92. The number of ether oxygens (including phenoxy) is 2. The number of rotatable bonds is 6. The molecule has 0 aliphatic heterocycles. The topological polar surface area (TPSA) is 35.5 Å². The van der Waals surface area contributed by atoms with E-state index in [0.29, 0.717) is 5.92 Å². The number of esters is 1. The standard InChI is InChI=1S/C17H20F2O3/c1-2-3-16(20)21-14-8-4-12(5-9-14)13-6-10-15(11-7-13)22-17(18)19/h2,6-7,10-12,14,17H,1,3-5,8-9H2/t12-,14-. The molecular formula is C17H20F2O3. The van der Waals surface area contributed by atoms with Crippen molar-refractivity contribution in [2.75, 3.05) is 0 Å². The fourth-order valence-electron chi connectivity index (χ4n) is 2.79. The molecule has 1 saturated carbocycles. The molecule has 0 spiro atoms. The zero-order valence-electron chi connectivity index (χ0n) is 12.3. The molecule has 0 heterocycles. The highest BCUT2D eigenvalue weighted by Gasteiger charge is 2.24. The van der Waals surface area contributed by atoms with Gasteiger partial charge in [0.1, 0.15) is 11.9 Å². The lowest BCUT2D eigenvalue weighted by atomic mass is 9.83. The summed E-state index contributed by atoms with van der Waals surface area (Å²) >= 11 is 0. The molecule has 0 saturated heterocycles. The van der Waals surface area contributed by atoms with Crippen molar-refractivity contribution in [2.45, 2.75) is 50.7 Å². The van der Waals surface area contributed by atoms with E-state index < -0.39 is 6.61 Å². The summed E-state index contributed by atoms with van der Waals surface area (Å²) in [5, 5.41) is 0. The molecule has 120 valence electrons. The van der Waals surface area contributed by atoms with Crippen molar-refractivity contribution in [2.24, 2.45) is 0 Å². The van der Waals surface area contributed by atoms with E-state index in [-0.39, 0.29) is 24.2 Å². The zero-order valence-corrected chi connectivity index (χ0v) is 12.3. The lowest BCUT2D eigenvalue weighted by Gasteiger charge is -2.28. The number of hydrogen-bond donors (Lipinski definition) is 0. The van der Waals surface area contributed by atoms with Crippen LogP contribution in [0.2, 0.25) is 0 Å². The Morgan fingerprint density at radius 3 is 2.41 bits per heavy atom. The van der Waals surface area contributed by atoms with E-state index in [4.69, 9.17) is 4.74 Å². The first-order chi connectivity index (χ1) is 10.6. The molecule has 1 aliphatic carbocycles. The van der Waals surface area contributed by atoms with Gasteiger partial charge in [-0.1, -0.05) is 18.2 Å². The number of halogens is 2. The molecule has 5 heteroatoms. The molecule has 22 heavy (non-hydrogen) atoms. The molecule has 0 aromatic heterocycles. The first-order valence-corrected chi connectivity index (χ1v) is 7.43. The summed E-state index contributed by atoms with van der Waals surface area (Å²) in [6, 6.07) is 6.79. The van der Waals surface area contributed by atoms with Crippen LogP contribution in [0.15, 0.2) is 36.9 Å². The summed E-state index contributed by atoms with van der Waals surface area (Å²) in [4.78, 5) is 11.4. The molecule has 1 fully saturated rings. The minimum absolute atomic E-state index is 0.0230. The number of carbonyl (C=O) groups excluding carboxylic acids is 1. The van der Waals surface area contributed by atoms with Crippen molar-refractivity contribution >= 4 is 5.97 Å². The van der Waals surface area contributed by atoms with Gasteiger partial charge in [-0.05, 0) is 49.3 Å². The van der Waals surface area contributed by atoms with Crippen LogP contribution in [-0.2, 0) is 9.53 Å². The summed E-state index contributed by atoms with van der Waals surface area (Å²) in [6.07, 6.45) is 5.24. The molecule has 1 aliphatic rings. The Balaban J connectivity index is 1.83. The van der Waals surface area contributed by atoms with Crippen LogP contribution in [0.5, 0.6) is 5.75 Å². The van der Waals surface area contributed by atoms with Crippen molar-refractivity contribution in [1.82, 2.24) is 0 Å². The van der Waals surface area contributed by atoms with Crippen LogP contribution >= 0.6 is 0 Å². The molecule has 2 rings (SSSR count). The number of alkyl halides is 2. The van der Waals surface area contributed by atoms with Gasteiger partial charge in [0, 0.05) is 0 Å². The Bertz CT molecular complexity index is 491. The molecule has 0 N–H and O–H groups in total. The highest BCUT2D eigenvalue weighted by atomic mass is 19.3. The van der Waals surface area contributed by atoms with Gasteiger partial charge in [0.15, 0.2) is 0 Å². The van der Waals surface area contributed by atoms with Crippen LogP contribution < -0.4 is 4.74 Å². The number of benzene rings is 1. The van der Waals surface area contributed by atoms with E-state index in [1.165, 1.54) is 6.08 Å². The summed E-state index contributed by atoms with van der Waals surface area (Å²) in [7, 11) is 0. The van der Waals surface area contributed by atoms with Crippen LogP contribution in [-0.4, -0.2) is 18.7 Å². The fourth-order valence-corrected chi connectivity index (χ4v) is 2.79. The maximum absolute atomic E-state index is 12.1. The van der Waals surface area contributed by atoms with E-state index in [1.807, 2.05) is 12.1 Å². The van der Waals surface area contributed by atoms with E-state index >= 15 is 0 Å². The third-order valence-electron chi connectivity index (χ3n) is 3.86. The van der Waals surface area contributed by atoms with Crippen LogP contribution in [0.3, 0.4) is 0 Å². The van der Waals surface area contributed by atoms with E-state index in [9.17, 15) is 13.6 Å². The molecule has 0 atom stereocenters. The monoisotopic (exact) mass is 310 g/mol. The number of hydrogen-bond acceptors (Lipinski definition) is 3. The van der Waals surface area contributed by atoms with Gasteiger partial charge in [0.25, 0.3) is 0 Å². The van der Waals surface area contributed by atoms with Gasteiger partial charge in [-0.25, -0.2) is 0 Å². The lowest BCUT2D eigenvalue weighted by molar-refractivity contribution is -0.149. The Labute approximate surface area is 128 Å². The Hall–Kier alpha value is -1.91. The smallest absolute Gasteiger partial charge is 0.387 e. The Morgan fingerprint density at radius 1 is 1.23 bits per heavy atom. The number of carbonyl (C=O) groups is 1. The molecule has 1 aromatic rings. The first-order valence-electron chi connectivity index (χ1n) is 7.43. The van der Waals surface area contributed by atoms with Crippen molar-refractivity contribution in [3.05, 3.63) is 42.5 Å². The first kappa shape index (κ1) is 16.5. The minimum atomic E-state index is -2.80. The summed E-state index contributed by atoms with van der Waals surface area (Å²) < 4.78 is 33.9. The SMILES string of the molecule is C=CCC(=O)O[C@H]1CC[C@H](c2ccc(OC(F)F)cc2)CC1. The maximum atomic E-state index is 12.1. The molecule has 3 nitrogen and oxygen atoms in total. The lowest BCUT2D eigenvalue weighted by Crippen LogP contribution is -2.23. The van der Waals surface area contributed by atoms with Crippen LogP contribution in [0.25, 0.3) is 0 Å². The quantitative estimate of drug-likeness (QED) is 0.576. The summed E-state index contributed by atoms with van der Waals surface area (Å²) in [5.41, 5.74) is 1.11. The van der Waals surface area contributed by atoms with Gasteiger partial charge in [-0.15, -0.1) is 6.58 Å². The third-order valence-corrected chi connectivity index (χ3v) is 3.86. The second-order valence-corrected chi connectivity index (χ2v) is 5.40.